The first kappa shape index (κ1) is 47.1. The Hall–Kier alpha value is -1.92. The molecule has 19 heteroatoms. The Balaban J connectivity index is 1.18. The van der Waals surface area contributed by atoms with Gasteiger partial charge in [0, 0.05) is 5.41 Å². The molecular weight excluding hydrogens is 806 g/mol. The number of rotatable bonds is 11. The maximum Gasteiger partial charge on any atom is 0.328 e. The van der Waals surface area contributed by atoms with Gasteiger partial charge in [0.1, 0.15) is 73.2 Å². The van der Waals surface area contributed by atoms with Crippen LogP contribution in [0, 0.1) is 28.1 Å². The molecule has 2 bridgehead atoms. The number of ether oxygens (including phenoxy) is 7. The third-order valence-electron chi connectivity index (χ3n) is 15.9. The van der Waals surface area contributed by atoms with Gasteiger partial charge < -0.3 is 84.4 Å². The predicted molar refractivity (Wildman–Crippen MR) is 207 cm³/mol. The average Bonchev–Trinajstić information content (AvgIpc) is 3.43. The van der Waals surface area contributed by atoms with Gasteiger partial charge in [-0.2, -0.15) is 0 Å². The van der Waals surface area contributed by atoms with Crippen molar-refractivity contribution < 1.29 is 88.7 Å². The van der Waals surface area contributed by atoms with Crippen LogP contribution in [-0.2, 0) is 42.7 Å². The minimum atomic E-state index is -1.89. The summed E-state index contributed by atoms with van der Waals surface area (Å²) in [6, 6.07) is -0.792. The van der Waals surface area contributed by atoms with Gasteiger partial charge in [0.25, 0.3) is 0 Å². The lowest BCUT2D eigenvalue weighted by Crippen LogP contribution is -2.67. The second-order valence-electron chi connectivity index (χ2n) is 19.4. The van der Waals surface area contributed by atoms with Gasteiger partial charge in [-0.05, 0) is 93.5 Å². The molecule has 3 aliphatic heterocycles. The van der Waals surface area contributed by atoms with Gasteiger partial charge in [0.15, 0.2) is 18.9 Å². The first-order valence-electron chi connectivity index (χ1n) is 21.7. The third kappa shape index (κ3) is 7.90. The van der Waals surface area contributed by atoms with Gasteiger partial charge >= 0.3 is 5.97 Å². The third-order valence-corrected chi connectivity index (χ3v) is 15.9. The minimum absolute atomic E-state index is 0.0290. The van der Waals surface area contributed by atoms with E-state index in [4.69, 9.17) is 33.2 Å². The normalized spacial score (nSPS) is 51.5. The van der Waals surface area contributed by atoms with E-state index in [0.29, 0.717) is 32.1 Å². The maximum atomic E-state index is 14.0. The van der Waals surface area contributed by atoms with Crippen LogP contribution in [0.3, 0.4) is 0 Å². The van der Waals surface area contributed by atoms with Gasteiger partial charge in [0.2, 0.25) is 5.91 Å². The number of carbonyl (C=O) groups is 2. The van der Waals surface area contributed by atoms with Crippen LogP contribution in [0.15, 0.2) is 12.2 Å². The van der Waals surface area contributed by atoms with E-state index in [1.54, 1.807) is 6.92 Å². The fraction of sp³-hybridized carbons (Fsp3) is 0.905. The maximum absolute atomic E-state index is 14.0. The highest BCUT2D eigenvalue weighted by Crippen LogP contribution is 2.73. The standard InChI is InChI=1S/C42H67NO18/c1-18-14-41-12-8-23-39(4,10-7-11-40(23,5)38(54)43-19(2)34(53)55-6)24(41)9-13-42(18,17-41)61-37-33(60-35-30(51)28(49)25(46)20(3)56-35)32(27(48)22(16-45)58-37)59-36-31(52)29(50)26(47)21(15-44)57-36/h19-33,35-37,44-52H,1,7-17H2,2-6H3,(H,43,54)/t19-,20-,21-,22-,23+,24+,25-,26-,27-,28+,29+,30-,31-,32+,33-,35+,36+,37+,39-,40-,41-,42+/m1/s1. The number of hydrogen-bond donors (Lipinski definition) is 10. The lowest BCUT2D eigenvalue weighted by atomic mass is 9.40. The Morgan fingerprint density at radius 2 is 1.36 bits per heavy atom. The number of hydrogen-bond acceptors (Lipinski definition) is 18. The molecule has 19 nitrogen and oxygen atoms in total. The van der Waals surface area contributed by atoms with Crippen molar-refractivity contribution >= 4 is 11.9 Å². The number of esters is 1. The summed E-state index contributed by atoms with van der Waals surface area (Å²) in [5.41, 5.74) is -1.47. The SMILES string of the molecule is C=C1C[C@@]23CC[C@H]4[C@@](C)(CCC[C@@]4(C)C(=O)N[C@H](C)C(=O)OC)[C@@H]2CC[C@]1(O[C@@H]1O[C@H](CO)[C@@H](O)[C@H](O[C@@H]2O[C@H](CO)[C@@H](O)[C@H](O)[C@H]2O)[C@H]1O[C@@H]1O[C@H](C)[C@@H](O)[C@H](O)[C@H]1O)C3. The van der Waals surface area contributed by atoms with Crippen LogP contribution < -0.4 is 5.32 Å². The molecule has 22 atom stereocenters. The summed E-state index contributed by atoms with van der Waals surface area (Å²) in [7, 11) is 1.29. The Labute approximate surface area is 355 Å². The molecule has 4 saturated carbocycles. The molecule has 1 amide bonds. The van der Waals surface area contributed by atoms with Crippen LogP contribution in [0.1, 0.15) is 85.5 Å². The fourth-order valence-electron chi connectivity index (χ4n) is 12.7. The van der Waals surface area contributed by atoms with Gasteiger partial charge in [-0.1, -0.05) is 26.8 Å². The molecule has 10 N–H and O–H groups in total. The number of fused-ring (bicyclic) bond motifs is 3. The number of nitrogens with one attached hydrogen (secondary N) is 1. The Bertz CT molecular complexity index is 1620. The first-order chi connectivity index (χ1) is 28.7. The number of carbonyl (C=O) groups excluding carboxylic acids is 2. The van der Waals surface area contributed by atoms with E-state index in [1.807, 2.05) is 6.92 Å². The zero-order valence-electron chi connectivity index (χ0n) is 35.6. The topological polar surface area (TPSA) is 293 Å². The molecule has 0 aromatic rings. The van der Waals surface area contributed by atoms with Crippen molar-refractivity contribution in [2.24, 2.45) is 28.1 Å². The number of amides is 1. The highest BCUT2D eigenvalue weighted by Gasteiger charge is 2.69. The fourth-order valence-corrected chi connectivity index (χ4v) is 12.7. The van der Waals surface area contributed by atoms with Crippen molar-refractivity contribution in [2.45, 2.75) is 189 Å². The zero-order valence-corrected chi connectivity index (χ0v) is 35.6. The Kier molecular flexibility index (Phi) is 13.5. The van der Waals surface area contributed by atoms with Crippen molar-refractivity contribution in [3.8, 4) is 0 Å². The number of aliphatic hydroxyl groups is 9. The Morgan fingerprint density at radius 3 is 2.02 bits per heavy atom. The molecule has 3 heterocycles. The largest absolute Gasteiger partial charge is 0.467 e. The summed E-state index contributed by atoms with van der Waals surface area (Å²) < 4.78 is 42.0. The second kappa shape index (κ2) is 17.5. The first-order valence-corrected chi connectivity index (χ1v) is 21.7. The van der Waals surface area contributed by atoms with Gasteiger partial charge in [0.05, 0.1) is 32.0 Å². The number of methoxy groups -OCH3 is 1. The summed E-state index contributed by atoms with van der Waals surface area (Å²) >= 11 is 0. The summed E-state index contributed by atoms with van der Waals surface area (Å²) in [5, 5.41) is 99.1. The van der Waals surface area contributed by atoms with E-state index in [1.165, 1.54) is 14.0 Å². The van der Waals surface area contributed by atoms with Gasteiger partial charge in [-0.15, -0.1) is 0 Å². The summed E-state index contributed by atoms with van der Waals surface area (Å²) in [6.07, 6.45) is -17.8. The van der Waals surface area contributed by atoms with Crippen molar-refractivity contribution in [3.63, 3.8) is 0 Å². The molecule has 1 spiro atoms. The highest BCUT2D eigenvalue weighted by atomic mass is 16.8. The quantitative estimate of drug-likeness (QED) is 0.0626. The van der Waals surface area contributed by atoms with Crippen LogP contribution in [0.2, 0.25) is 0 Å². The molecule has 0 unspecified atom stereocenters. The van der Waals surface area contributed by atoms with E-state index in [2.05, 4.69) is 18.8 Å². The van der Waals surface area contributed by atoms with Crippen molar-refractivity contribution in [1.29, 1.82) is 0 Å². The van der Waals surface area contributed by atoms with Crippen LogP contribution in [0.5, 0.6) is 0 Å². The van der Waals surface area contributed by atoms with E-state index in [9.17, 15) is 55.5 Å². The molecule has 7 aliphatic rings. The zero-order chi connectivity index (χ0) is 44.6. The molecule has 7 rings (SSSR count). The van der Waals surface area contributed by atoms with E-state index >= 15 is 0 Å². The summed E-state index contributed by atoms with van der Waals surface area (Å²) in [4.78, 5) is 26.3. The molecule has 3 saturated heterocycles. The molecule has 61 heavy (non-hydrogen) atoms. The van der Waals surface area contributed by atoms with Crippen molar-refractivity contribution in [2.75, 3.05) is 20.3 Å². The van der Waals surface area contributed by atoms with E-state index in [-0.39, 0.29) is 28.6 Å². The van der Waals surface area contributed by atoms with E-state index in [0.717, 1.165) is 31.3 Å². The number of aliphatic hydroxyl groups excluding tert-OH is 9. The predicted octanol–water partition coefficient (Wildman–Crippen LogP) is -1.75. The Morgan fingerprint density at radius 1 is 0.770 bits per heavy atom. The summed E-state index contributed by atoms with van der Waals surface area (Å²) in [6.45, 7) is 10.4. The minimum Gasteiger partial charge on any atom is -0.467 e. The highest BCUT2D eigenvalue weighted by molar-refractivity contribution is 5.88. The molecule has 0 radical (unpaired) electrons. The van der Waals surface area contributed by atoms with Crippen LogP contribution >= 0.6 is 0 Å². The van der Waals surface area contributed by atoms with E-state index < -0.39 is 128 Å². The smallest absolute Gasteiger partial charge is 0.328 e. The van der Waals surface area contributed by atoms with Gasteiger partial charge in [-0.3, -0.25) is 4.79 Å². The molecule has 348 valence electrons. The van der Waals surface area contributed by atoms with Crippen LogP contribution in [0.25, 0.3) is 0 Å². The lowest BCUT2D eigenvalue weighted by Gasteiger charge is -2.64. The molecule has 0 aromatic carbocycles. The molecule has 0 aromatic heterocycles. The van der Waals surface area contributed by atoms with Crippen LogP contribution in [-0.4, -0.2) is 182 Å². The second-order valence-corrected chi connectivity index (χ2v) is 19.4. The van der Waals surface area contributed by atoms with Gasteiger partial charge in [-0.25, -0.2) is 4.79 Å². The molecule has 7 fully saturated rings. The van der Waals surface area contributed by atoms with Crippen molar-refractivity contribution in [3.05, 3.63) is 12.2 Å². The average molecular weight is 874 g/mol. The molecular formula is C42H67NO18. The van der Waals surface area contributed by atoms with Crippen molar-refractivity contribution in [1.82, 2.24) is 5.32 Å². The lowest BCUT2D eigenvalue weighted by molar-refractivity contribution is -0.398. The summed E-state index contributed by atoms with van der Waals surface area (Å²) in [5.74, 6) is -0.470. The monoisotopic (exact) mass is 873 g/mol. The molecule has 4 aliphatic carbocycles. The van der Waals surface area contributed by atoms with Crippen LogP contribution in [0.4, 0.5) is 0 Å².